The summed E-state index contributed by atoms with van der Waals surface area (Å²) < 4.78 is 0. The average Bonchev–Trinajstić information content (AvgIpc) is 2.56. The van der Waals surface area contributed by atoms with E-state index in [0.717, 1.165) is 6.04 Å². The summed E-state index contributed by atoms with van der Waals surface area (Å²) in [5.74, 6) is 0. The lowest BCUT2D eigenvalue weighted by molar-refractivity contribution is 0.221. The summed E-state index contributed by atoms with van der Waals surface area (Å²) in [4.78, 5) is 2.41. The second-order valence-corrected chi connectivity index (χ2v) is 4.95. The van der Waals surface area contributed by atoms with Gasteiger partial charge in [0.15, 0.2) is 0 Å². The largest absolute Gasteiger partial charge is 0.326 e. The number of nitrogens with one attached hydrogen (secondary N) is 1. The summed E-state index contributed by atoms with van der Waals surface area (Å²) >= 11 is 0. The number of nitrogens with two attached hydrogens (primary N) is 1. The van der Waals surface area contributed by atoms with Gasteiger partial charge in [-0.25, -0.2) is 0 Å². The van der Waals surface area contributed by atoms with Crippen molar-refractivity contribution in [1.82, 2.24) is 10.2 Å². The molecule has 0 aromatic carbocycles. The minimum absolute atomic E-state index is 0.412. The molecule has 2 aliphatic rings. The fourth-order valence-electron chi connectivity index (χ4n) is 2.67. The van der Waals surface area contributed by atoms with Crippen LogP contribution < -0.4 is 11.1 Å². The van der Waals surface area contributed by atoms with Gasteiger partial charge in [0.2, 0.25) is 0 Å². The Bertz CT molecular complexity index is 175. The topological polar surface area (TPSA) is 41.3 Å². The first-order valence-electron chi connectivity index (χ1n) is 5.96. The van der Waals surface area contributed by atoms with Crippen LogP contribution in [0.25, 0.3) is 0 Å². The molecule has 0 bridgehead atoms. The summed E-state index contributed by atoms with van der Waals surface area (Å²) in [5, 5.41) is 3.74. The van der Waals surface area contributed by atoms with Gasteiger partial charge in [-0.2, -0.15) is 0 Å². The van der Waals surface area contributed by atoms with Crippen molar-refractivity contribution in [3.05, 3.63) is 0 Å². The van der Waals surface area contributed by atoms with Crippen molar-refractivity contribution in [3.63, 3.8) is 0 Å². The van der Waals surface area contributed by atoms with E-state index in [1.807, 2.05) is 0 Å². The van der Waals surface area contributed by atoms with Gasteiger partial charge < -0.3 is 16.0 Å². The molecule has 1 heterocycles. The number of hydrogen-bond donors (Lipinski definition) is 2. The molecule has 0 unspecified atom stereocenters. The Morgan fingerprint density at radius 2 is 1.86 bits per heavy atom. The first-order valence-corrected chi connectivity index (χ1v) is 5.96. The molecule has 14 heavy (non-hydrogen) atoms. The zero-order valence-corrected chi connectivity index (χ0v) is 9.21. The molecule has 2 rings (SSSR count). The van der Waals surface area contributed by atoms with Gasteiger partial charge in [-0.3, -0.25) is 0 Å². The van der Waals surface area contributed by atoms with Gasteiger partial charge in [-0.15, -0.1) is 0 Å². The Kier molecular flexibility index (Phi) is 3.42. The molecule has 3 N–H and O–H groups in total. The minimum Gasteiger partial charge on any atom is -0.326 e. The molecule has 0 amide bonds. The van der Waals surface area contributed by atoms with Crippen molar-refractivity contribution >= 4 is 0 Å². The number of likely N-dealkylation sites (tertiary alicyclic amines) is 1. The summed E-state index contributed by atoms with van der Waals surface area (Å²) in [5.41, 5.74) is 6.05. The zero-order chi connectivity index (χ0) is 9.97. The van der Waals surface area contributed by atoms with Crippen molar-refractivity contribution in [2.75, 3.05) is 20.1 Å². The molecule has 0 aromatic heterocycles. The Morgan fingerprint density at radius 1 is 1.14 bits per heavy atom. The number of rotatable bonds is 2. The second kappa shape index (κ2) is 4.60. The highest BCUT2D eigenvalue weighted by Gasteiger charge is 2.27. The van der Waals surface area contributed by atoms with E-state index >= 15 is 0 Å². The lowest BCUT2D eigenvalue weighted by atomic mass is 10.0. The fourth-order valence-corrected chi connectivity index (χ4v) is 2.67. The van der Waals surface area contributed by atoms with Crippen molar-refractivity contribution in [1.29, 1.82) is 0 Å². The molecule has 3 heteroatoms. The van der Waals surface area contributed by atoms with Crippen LogP contribution in [0.3, 0.4) is 0 Å². The number of hydrogen-bond acceptors (Lipinski definition) is 3. The Hall–Kier alpha value is -0.120. The Morgan fingerprint density at radius 3 is 2.43 bits per heavy atom. The highest BCUT2D eigenvalue weighted by atomic mass is 15.1. The van der Waals surface area contributed by atoms with E-state index in [9.17, 15) is 0 Å². The Labute approximate surface area is 87.0 Å². The molecule has 1 saturated heterocycles. The highest BCUT2D eigenvalue weighted by Crippen LogP contribution is 2.19. The van der Waals surface area contributed by atoms with Crippen LogP contribution in [0.2, 0.25) is 0 Å². The lowest BCUT2D eigenvalue weighted by Crippen LogP contribution is -2.49. The van der Waals surface area contributed by atoms with Gasteiger partial charge in [0.25, 0.3) is 0 Å². The van der Waals surface area contributed by atoms with Crippen molar-refractivity contribution < 1.29 is 0 Å². The van der Waals surface area contributed by atoms with Crippen molar-refractivity contribution in [2.24, 2.45) is 5.73 Å². The second-order valence-electron chi connectivity index (χ2n) is 4.95. The quantitative estimate of drug-likeness (QED) is 0.679. The van der Waals surface area contributed by atoms with Gasteiger partial charge in [0.1, 0.15) is 0 Å². The van der Waals surface area contributed by atoms with Crippen LogP contribution in [0.15, 0.2) is 0 Å². The third-order valence-corrected chi connectivity index (χ3v) is 3.74. The highest BCUT2D eigenvalue weighted by molar-refractivity contribution is 4.89. The van der Waals surface area contributed by atoms with E-state index in [-0.39, 0.29) is 0 Å². The first kappa shape index (κ1) is 10.4. The van der Waals surface area contributed by atoms with Crippen LogP contribution in [0.1, 0.15) is 32.1 Å². The van der Waals surface area contributed by atoms with Gasteiger partial charge in [-0.05, 0) is 45.8 Å². The maximum Gasteiger partial charge on any atom is 0.0221 e. The lowest BCUT2D eigenvalue weighted by Gasteiger charge is -2.32. The molecule has 1 aliphatic heterocycles. The van der Waals surface area contributed by atoms with E-state index in [1.165, 1.54) is 45.2 Å². The molecule has 0 spiro atoms. The molecular formula is C11H23N3. The molecule has 2 atom stereocenters. The molecule has 0 radical (unpaired) electrons. The molecule has 2 fully saturated rings. The average molecular weight is 197 g/mol. The van der Waals surface area contributed by atoms with E-state index < -0.39 is 0 Å². The van der Waals surface area contributed by atoms with E-state index in [4.69, 9.17) is 5.73 Å². The number of nitrogens with zero attached hydrogens (tertiary/aromatic N) is 1. The molecular weight excluding hydrogens is 174 g/mol. The van der Waals surface area contributed by atoms with Gasteiger partial charge >= 0.3 is 0 Å². The molecule has 1 aliphatic carbocycles. The number of piperidine rings is 1. The summed E-state index contributed by atoms with van der Waals surface area (Å²) in [6.45, 7) is 2.47. The van der Waals surface area contributed by atoms with E-state index in [1.54, 1.807) is 0 Å². The van der Waals surface area contributed by atoms with Crippen molar-refractivity contribution in [3.8, 4) is 0 Å². The third-order valence-electron chi connectivity index (χ3n) is 3.74. The zero-order valence-electron chi connectivity index (χ0n) is 9.21. The van der Waals surface area contributed by atoms with Crippen LogP contribution in [0.5, 0.6) is 0 Å². The SMILES string of the molecule is CN1CCC(N[C@@H]2CCC[C@@H]2N)CC1. The first-order chi connectivity index (χ1) is 6.75. The maximum absolute atomic E-state index is 6.05. The van der Waals surface area contributed by atoms with Gasteiger partial charge in [-0.1, -0.05) is 6.42 Å². The van der Waals surface area contributed by atoms with Crippen molar-refractivity contribution in [2.45, 2.75) is 50.2 Å². The van der Waals surface area contributed by atoms with Crippen LogP contribution in [-0.4, -0.2) is 43.2 Å². The Balaban J connectivity index is 1.74. The standard InChI is InChI=1S/C11H23N3/c1-14-7-5-9(6-8-14)13-11-4-2-3-10(11)12/h9-11,13H,2-8,12H2,1H3/t10-,11+/m0/s1. The van der Waals surface area contributed by atoms with Crippen LogP contribution in [0, 0.1) is 0 Å². The maximum atomic E-state index is 6.05. The summed E-state index contributed by atoms with van der Waals surface area (Å²) in [6, 6.07) is 1.73. The molecule has 3 nitrogen and oxygen atoms in total. The van der Waals surface area contributed by atoms with E-state index in [2.05, 4.69) is 17.3 Å². The predicted molar refractivity (Wildman–Crippen MR) is 59.3 cm³/mol. The van der Waals surface area contributed by atoms with Crippen LogP contribution >= 0.6 is 0 Å². The molecule has 82 valence electrons. The summed E-state index contributed by atoms with van der Waals surface area (Å²) in [7, 11) is 2.21. The molecule has 0 aromatic rings. The van der Waals surface area contributed by atoms with Crippen LogP contribution in [0.4, 0.5) is 0 Å². The minimum atomic E-state index is 0.412. The fraction of sp³-hybridized carbons (Fsp3) is 1.00. The van der Waals surface area contributed by atoms with Crippen LogP contribution in [-0.2, 0) is 0 Å². The molecule has 1 saturated carbocycles. The van der Waals surface area contributed by atoms with E-state index in [0.29, 0.717) is 12.1 Å². The van der Waals surface area contributed by atoms with Gasteiger partial charge in [0.05, 0.1) is 0 Å². The predicted octanol–water partition coefficient (Wildman–Crippen LogP) is 0.550. The normalized spacial score (nSPS) is 36.4. The third kappa shape index (κ3) is 2.47. The smallest absolute Gasteiger partial charge is 0.0221 e. The van der Waals surface area contributed by atoms with Gasteiger partial charge in [0, 0.05) is 18.1 Å². The summed E-state index contributed by atoms with van der Waals surface area (Å²) in [6.07, 6.45) is 6.39. The monoisotopic (exact) mass is 197 g/mol.